The van der Waals surface area contributed by atoms with Gasteiger partial charge in [-0.2, -0.15) is 0 Å². The van der Waals surface area contributed by atoms with Gasteiger partial charge in [-0.25, -0.2) is 4.39 Å². The van der Waals surface area contributed by atoms with Crippen LogP contribution in [-0.2, 0) is 9.59 Å². The first-order valence-electron chi connectivity index (χ1n) is 5.90. The molecule has 1 saturated heterocycles. The van der Waals surface area contributed by atoms with Gasteiger partial charge in [-0.3, -0.25) is 14.5 Å². The predicted molar refractivity (Wildman–Crippen MR) is 65.7 cm³/mol. The Morgan fingerprint density at radius 3 is 2.72 bits per heavy atom. The number of carbonyl (C=O) groups is 2. The number of piperazine rings is 1. The van der Waals surface area contributed by atoms with Crippen molar-refractivity contribution in [2.75, 3.05) is 11.4 Å². The predicted octanol–water partition coefficient (Wildman–Crippen LogP) is 1.38. The second kappa shape index (κ2) is 4.76. The average molecular weight is 250 g/mol. The van der Waals surface area contributed by atoms with E-state index in [1.54, 1.807) is 13.0 Å². The van der Waals surface area contributed by atoms with Crippen LogP contribution in [0.15, 0.2) is 18.2 Å². The van der Waals surface area contributed by atoms with E-state index in [2.05, 4.69) is 5.32 Å². The monoisotopic (exact) mass is 250 g/mol. The number of amides is 2. The van der Waals surface area contributed by atoms with Gasteiger partial charge < -0.3 is 5.32 Å². The summed E-state index contributed by atoms with van der Waals surface area (Å²) in [4.78, 5) is 25.0. The fourth-order valence-corrected chi connectivity index (χ4v) is 2.20. The maximum Gasteiger partial charge on any atom is 0.247 e. The van der Waals surface area contributed by atoms with Gasteiger partial charge in [0.1, 0.15) is 11.9 Å². The molecule has 4 nitrogen and oxygen atoms in total. The number of carbonyl (C=O) groups excluding carboxylic acids is 2. The number of benzene rings is 1. The van der Waals surface area contributed by atoms with Crippen molar-refractivity contribution in [1.29, 1.82) is 0 Å². The minimum absolute atomic E-state index is 0.0368. The molecule has 1 aliphatic heterocycles. The summed E-state index contributed by atoms with van der Waals surface area (Å²) in [6.07, 6.45) is 0.493. The zero-order chi connectivity index (χ0) is 13.3. The lowest BCUT2D eigenvalue weighted by Gasteiger charge is -2.34. The van der Waals surface area contributed by atoms with Crippen LogP contribution < -0.4 is 10.2 Å². The van der Waals surface area contributed by atoms with Gasteiger partial charge in [-0.15, -0.1) is 0 Å². The van der Waals surface area contributed by atoms with Crippen LogP contribution in [0.3, 0.4) is 0 Å². The summed E-state index contributed by atoms with van der Waals surface area (Å²) in [5, 5.41) is 2.54. The Kier molecular flexibility index (Phi) is 3.32. The van der Waals surface area contributed by atoms with E-state index in [0.29, 0.717) is 12.1 Å². The Hall–Kier alpha value is -1.91. The van der Waals surface area contributed by atoms with E-state index in [4.69, 9.17) is 0 Å². The zero-order valence-corrected chi connectivity index (χ0v) is 10.4. The van der Waals surface area contributed by atoms with Crippen LogP contribution in [0.1, 0.15) is 18.9 Å². The number of rotatable bonds is 2. The largest absolute Gasteiger partial charge is 0.345 e. The number of halogens is 1. The van der Waals surface area contributed by atoms with Crippen molar-refractivity contribution in [2.24, 2.45) is 0 Å². The van der Waals surface area contributed by atoms with Crippen molar-refractivity contribution in [1.82, 2.24) is 5.32 Å². The average Bonchev–Trinajstić information content (AvgIpc) is 2.30. The zero-order valence-electron chi connectivity index (χ0n) is 10.4. The molecule has 96 valence electrons. The summed E-state index contributed by atoms with van der Waals surface area (Å²) in [6.45, 7) is 3.54. The van der Waals surface area contributed by atoms with Crippen LogP contribution in [0, 0.1) is 12.7 Å². The van der Waals surface area contributed by atoms with Crippen molar-refractivity contribution in [3.05, 3.63) is 29.6 Å². The molecule has 0 saturated carbocycles. The molecule has 2 rings (SSSR count). The van der Waals surface area contributed by atoms with Crippen LogP contribution >= 0.6 is 0 Å². The van der Waals surface area contributed by atoms with E-state index in [1.165, 1.54) is 17.0 Å². The third-order valence-electron chi connectivity index (χ3n) is 2.99. The lowest BCUT2D eigenvalue weighted by atomic mass is 10.1. The SMILES string of the molecule is CCC1C(=O)NCC(=O)N1c1cc(C)cc(F)c1. The Bertz CT molecular complexity index is 482. The third kappa shape index (κ3) is 2.20. The molecule has 1 aliphatic rings. The summed E-state index contributed by atoms with van der Waals surface area (Å²) in [7, 11) is 0. The van der Waals surface area contributed by atoms with Gasteiger partial charge in [0.25, 0.3) is 0 Å². The Balaban J connectivity index is 2.44. The van der Waals surface area contributed by atoms with Crippen molar-refractivity contribution in [3.63, 3.8) is 0 Å². The maximum atomic E-state index is 13.4. The van der Waals surface area contributed by atoms with E-state index in [9.17, 15) is 14.0 Å². The summed E-state index contributed by atoms with van der Waals surface area (Å²) >= 11 is 0. The maximum absolute atomic E-state index is 13.4. The number of hydrogen-bond donors (Lipinski definition) is 1. The van der Waals surface area contributed by atoms with Crippen LogP contribution in [-0.4, -0.2) is 24.4 Å². The Morgan fingerprint density at radius 1 is 1.39 bits per heavy atom. The molecule has 0 bridgehead atoms. The highest BCUT2D eigenvalue weighted by molar-refractivity contribution is 6.06. The Morgan fingerprint density at radius 2 is 2.11 bits per heavy atom. The highest BCUT2D eigenvalue weighted by Gasteiger charge is 2.34. The minimum atomic E-state index is -0.563. The first kappa shape index (κ1) is 12.5. The molecule has 1 aromatic rings. The van der Waals surface area contributed by atoms with Gasteiger partial charge >= 0.3 is 0 Å². The van der Waals surface area contributed by atoms with Gasteiger partial charge in [0.05, 0.1) is 6.54 Å². The lowest BCUT2D eigenvalue weighted by molar-refractivity contribution is -0.131. The highest BCUT2D eigenvalue weighted by Crippen LogP contribution is 2.23. The molecule has 18 heavy (non-hydrogen) atoms. The molecule has 5 heteroatoms. The summed E-state index contributed by atoms with van der Waals surface area (Å²) < 4.78 is 13.4. The molecule has 1 heterocycles. The molecule has 2 amide bonds. The van der Waals surface area contributed by atoms with E-state index >= 15 is 0 Å². The fraction of sp³-hybridized carbons (Fsp3) is 0.385. The van der Waals surface area contributed by atoms with Crippen LogP contribution in [0.4, 0.5) is 10.1 Å². The third-order valence-corrected chi connectivity index (χ3v) is 2.99. The first-order valence-corrected chi connectivity index (χ1v) is 5.90. The molecule has 1 fully saturated rings. The van der Waals surface area contributed by atoms with Crippen molar-refractivity contribution in [3.8, 4) is 0 Å². The molecule has 1 atom stereocenters. The number of nitrogens with zero attached hydrogens (tertiary/aromatic N) is 1. The molecule has 0 spiro atoms. The number of aryl methyl sites for hydroxylation is 1. The molecule has 1 unspecified atom stereocenters. The molecule has 1 aromatic carbocycles. The number of anilines is 1. The second-order valence-electron chi connectivity index (χ2n) is 4.39. The smallest absolute Gasteiger partial charge is 0.247 e. The summed E-state index contributed by atoms with van der Waals surface area (Å²) in [6, 6.07) is 3.82. The highest BCUT2D eigenvalue weighted by atomic mass is 19.1. The van der Waals surface area contributed by atoms with Crippen molar-refractivity contribution < 1.29 is 14.0 Å². The molecule has 0 aromatic heterocycles. The van der Waals surface area contributed by atoms with Crippen molar-refractivity contribution in [2.45, 2.75) is 26.3 Å². The molecular weight excluding hydrogens is 235 g/mol. The van der Waals surface area contributed by atoms with Gasteiger partial charge in [0, 0.05) is 5.69 Å². The van der Waals surface area contributed by atoms with Crippen LogP contribution in [0.5, 0.6) is 0 Å². The van der Waals surface area contributed by atoms with Gasteiger partial charge in [-0.05, 0) is 37.1 Å². The quantitative estimate of drug-likeness (QED) is 0.862. The number of nitrogens with one attached hydrogen (secondary N) is 1. The number of hydrogen-bond acceptors (Lipinski definition) is 2. The van der Waals surface area contributed by atoms with Gasteiger partial charge in [-0.1, -0.05) is 6.92 Å². The Labute approximate surface area is 105 Å². The summed E-state index contributed by atoms with van der Waals surface area (Å²) in [5.41, 5.74) is 1.16. The normalized spacial score (nSPS) is 19.9. The molecule has 0 radical (unpaired) electrons. The molecule has 1 N–H and O–H groups in total. The van der Waals surface area contributed by atoms with E-state index in [-0.39, 0.29) is 18.4 Å². The standard InChI is InChI=1S/C13H15FN2O2/c1-3-11-13(18)15-7-12(17)16(11)10-5-8(2)4-9(14)6-10/h4-6,11H,3,7H2,1-2H3,(H,15,18). The van der Waals surface area contributed by atoms with Crippen LogP contribution in [0.2, 0.25) is 0 Å². The van der Waals surface area contributed by atoms with Gasteiger partial charge in [0.15, 0.2) is 0 Å². The van der Waals surface area contributed by atoms with E-state index in [1.807, 2.05) is 6.92 Å². The van der Waals surface area contributed by atoms with E-state index in [0.717, 1.165) is 5.56 Å². The molecule has 0 aliphatic carbocycles. The first-order chi connectivity index (χ1) is 8.52. The van der Waals surface area contributed by atoms with Crippen molar-refractivity contribution >= 4 is 17.5 Å². The topological polar surface area (TPSA) is 49.4 Å². The van der Waals surface area contributed by atoms with Crippen LogP contribution in [0.25, 0.3) is 0 Å². The molecular formula is C13H15FN2O2. The second-order valence-corrected chi connectivity index (χ2v) is 4.39. The van der Waals surface area contributed by atoms with Gasteiger partial charge in [0.2, 0.25) is 11.8 Å². The lowest BCUT2D eigenvalue weighted by Crippen LogP contribution is -2.58. The fourth-order valence-electron chi connectivity index (χ4n) is 2.20. The van der Waals surface area contributed by atoms with E-state index < -0.39 is 11.9 Å². The summed E-state index contributed by atoms with van der Waals surface area (Å²) in [5.74, 6) is -0.816. The minimum Gasteiger partial charge on any atom is -0.345 e.